The van der Waals surface area contributed by atoms with Gasteiger partial charge in [0.25, 0.3) is 5.91 Å². The number of nitrogens with one attached hydrogen (secondary N) is 1. The van der Waals surface area contributed by atoms with Crippen molar-refractivity contribution >= 4 is 35.0 Å². The maximum Gasteiger partial charge on any atom is 0.253 e. The fraction of sp³-hybridized carbons (Fsp3) is 0.133. The van der Waals surface area contributed by atoms with E-state index in [4.69, 9.17) is 28.9 Å². The summed E-state index contributed by atoms with van der Waals surface area (Å²) in [5, 5.41) is 3.48. The van der Waals surface area contributed by atoms with Gasteiger partial charge in [0.05, 0.1) is 5.56 Å². The molecule has 1 aromatic heterocycles. The number of hydrogen-bond acceptors (Lipinski definition) is 3. The first-order chi connectivity index (χ1) is 10.5. The Hall–Kier alpha value is -2.11. The van der Waals surface area contributed by atoms with Gasteiger partial charge in [0.2, 0.25) is 5.91 Å². The lowest BCUT2D eigenvalue weighted by molar-refractivity contribution is -0.119. The number of carbonyl (C=O) groups excluding carboxylic acids is 2. The van der Waals surface area contributed by atoms with E-state index in [2.05, 4.69) is 10.3 Å². The minimum atomic E-state index is -0.883. The minimum Gasteiger partial charge on any atom is -0.368 e. The molecule has 2 amide bonds. The average Bonchev–Trinajstić information content (AvgIpc) is 2.49. The first-order valence-electron chi connectivity index (χ1n) is 6.41. The summed E-state index contributed by atoms with van der Waals surface area (Å²) in [6, 6.07) is 7.26. The normalized spacial score (nSPS) is 11.7. The lowest BCUT2D eigenvalue weighted by atomic mass is 10.0. The number of primary amides is 1. The zero-order chi connectivity index (χ0) is 16.1. The summed E-state index contributed by atoms with van der Waals surface area (Å²) >= 11 is 11.9. The van der Waals surface area contributed by atoms with Gasteiger partial charge in [0, 0.05) is 28.9 Å². The monoisotopic (exact) mass is 337 g/mol. The summed E-state index contributed by atoms with van der Waals surface area (Å²) in [6.07, 6.45) is 3.13. The highest BCUT2D eigenvalue weighted by Crippen LogP contribution is 2.22. The van der Waals surface area contributed by atoms with Crippen molar-refractivity contribution in [2.75, 3.05) is 0 Å². The van der Waals surface area contributed by atoms with Crippen LogP contribution in [0, 0.1) is 0 Å². The van der Waals surface area contributed by atoms with E-state index in [0.717, 1.165) is 0 Å². The van der Waals surface area contributed by atoms with E-state index in [-0.39, 0.29) is 6.42 Å². The van der Waals surface area contributed by atoms with Crippen LogP contribution in [0.15, 0.2) is 42.7 Å². The molecule has 7 heteroatoms. The molecule has 3 N–H and O–H groups in total. The number of pyridine rings is 1. The molecule has 0 bridgehead atoms. The number of amides is 2. The van der Waals surface area contributed by atoms with E-state index in [0.29, 0.717) is 21.2 Å². The molecule has 0 aliphatic rings. The predicted octanol–water partition coefficient (Wildman–Crippen LogP) is 2.21. The van der Waals surface area contributed by atoms with Crippen LogP contribution in [0.5, 0.6) is 0 Å². The second-order valence-corrected chi connectivity index (χ2v) is 5.45. The lowest BCUT2D eigenvalue weighted by Crippen LogP contribution is -2.45. The Bertz CT molecular complexity index is 692. The van der Waals surface area contributed by atoms with Crippen LogP contribution in [0.25, 0.3) is 0 Å². The predicted molar refractivity (Wildman–Crippen MR) is 84.9 cm³/mol. The average molecular weight is 338 g/mol. The van der Waals surface area contributed by atoms with Crippen LogP contribution in [0.3, 0.4) is 0 Å². The molecule has 0 fully saturated rings. The largest absolute Gasteiger partial charge is 0.368 e. The van der Waals surface area contributed by atoms with Crippen molar-refractivity contribution in [1.29, 1.82) is 0 Å². The molecule has 1 heterocycles. The molecule has 22 heavy (non-hydrogen) atoms. The summed E-state index contributed by atoms with van der Waals surface area (Å²) in [4.78, 5) is 27.5. The molecule has 114 valence electrons. The first kappa shape index (κ1) is 16.3. The highest BCUT2D eigenvalue weighted by atomic mass is 35.5. The number of nitrogens with two attached hydrogens (primary N) is 1. The molecule has 1 aromatic carbocycles. The first-order valence-corrected chi connectivity index (χ1v) is 7.17. The van der Waals surface area contributed by atoms with E-state index < -0.39 is 17.9 Å². The van der Waals surface area contributed by atoms with Crippen molar-refractivity contribution in [3.63, 3.8) is 0 Å². The van der Waals surface area contributed by atoms with Crippen molar-refractivity contribution in [1.82, 2.24) is 10.3 Å². The second kappa shape index (κ2) is 7.24. The lowest BCUT2D eigenvalue weighted by Gasteiger charge is -2.16. The van der Waals surface area contributed by atoms with Gasteiger partial charge in [0.1, 0.15) is 6.04 Å². The Morgan fingerprint density at radius 3 is 2.64 bits per heavy atom. The van der Waals surface area contributed by atoms with Crippen molar-refractivity contribution in [3.05, 3.63) is 63.9 Å². The minimum absolute atomic E-state index is 0.178. The number of hydrogen-bond donors (Lipinski definition) is 2. The van der Waals surface area contributed by atoms with Gasteiger partial charge >= 0.3 is 0 Å². The Kier molecular flexibility index (Phi) is 5.35. The summed E-state index contributed by atoms with van der Waals surface area (Å²) in [6.45, 7) is 0. The van der Waals surface area contributed by atoms with Gasteiger partial charge in [-0.1, -0.05) is 29.3 Å². The van der Waals surface area contributed by atoms with Crippen LogP contribution in [-0.4, -0.2) is 22.8 Å². The molecule has 0 radical (unpaired) electrons. The van der Waals surface area contributed by atoms with Gasteiger partial charge in [-0.15, -0.1) is 0 Å². The number of aromatic nitrogens is 1. The second-order valence-electron chi connectivity index (χ2n) is 4.61. The van der Waals surface area contributed by atoms with Gasteiger partial charge in [-0.25, -0.2) is 0 Å². The molecule has 5 nitrogen and oxygen atoms in total. The molecule has 0 saturated heterocycles. The zero-order valence-corrected chi connectivity index (χ0v) is 12.9. The topological polar surface area (TPSA) is 85.1 Å². The number of carbonyl (C=O) groups is 2. The molecule has 2 rings (SSSR count). The summed E-state index contributed by atoms with van der Waals surface area (Å²) in [7, 11) is 0. The van der Waals surface area contributed by atoms with Gasteiger partial charge < -0.3 is 11.1 Å². The van der Waals surface area contributed by atoms with Crippen molar-refractivity contribution in [2.45, 2.75) is 12.5 Å². The van der Waals surface area contributed by atoms with Gasteiger partial charge in [0.15, 0.2) is 0 Å². The molecule has 1 atom stereocenters. The fourth-order valence-electron chi connectivity index (χ4n) is 1.87. The Labute approximate surface area is 137 Å². The van der Waals surface area contributed by atoms with Crippen LogP contribution >= 0.6 is 23.2 Å². The van der Waals surface area contributed by atoms with E-state index in [1.165, 1.54) is 6.20 Å². The van der Waals surface area contributed by atoms with E-state index in [9.17, 15) is 9.59 Å². The van der Waals surface area contributed by atoms with Crippen LogP contribution in [0.4, 0.5) is 0 Å². The fourth-order valence-corrected chi connectivity index (χ4v) is 2.35. The zero-order valence-electron chi connectivity index (χ0n) is 11.4. The molecule has 0 unspecified atom stereocenters. The molecule has 0 spiro atoms. The van der Waals surface area contributed by atoms with Gasteiger partial charge in [-0.2, -0.15) is 0 Å². The van der Waals surface area contributed by atoms with Crippen molar-refractivity contribution in [3.8, 4) is 0 Å². The summed E-state index contributed by atoms with van der Waals surface area (Å²) in [5.41, 5.74) is 6.36. The van der Waals surface area contributed by atoms with Gasteiger partial charge in [-0.3, -0.25) is 14.6 Å². The molecular formula is C15H13Cl2N3O2. The maximum absolute atomic E-state index is 12.1. The molecular weight excluding hydrogens is 325 g/mol. The quantitative estimate of drug-likeness (QED) is 0.877. The van der Waals surface area contributed by atoms with Crippen LogP contribution in [0.2, 0.25) is 10.0 Å². The van der Waals surface area contributed by atoms with Crippen molar-refractivity contribution in [2.24, 2.45) is 5.73 Å². The summed E-state index contributed by atoms with van der Waals surface area (Å²) < 4.78 is 0. The summed E-state index contributed by atoms with van der Waals surface area (Å²) in [5.74, 6) is -1.08. The molecule has 0 aliphatic heterocycles. The van der Waals surface area contributed by atoms with E-state index in [1.54, 1.807) is 36.5 Å². The van der Waals surface area contributed by atoms with Gasteiger partial charge in [-0.05, 0) is 29.8 Å². The molecule has 2 aromatic rings. The van der Waals surface area contributed by atoms with Crippen molar-refractivity contribution < 1.29 is 9.59 Å². The third-order valence-corrected chi connectivity index (χ3v) is 3.60. The Balaban J connectivity index is 2.14. The van der Waals surface area contributed by atoms with Crippen LogP contribution in [-0.2, 0) is 11.2 Å². The SMILES string of the molecule is NC(=O)[C@@H](Cc1ccc(Cl)cc1Cl)NC(=O)c1cccnc1. The Morgan fingerprint density at radius 2 is 2.05 bits per heavy atom. The number of halogens is 2. The van der Waals surface area contributed by atoms with E-state index in [1.807, 2.05) is 0 Å². The number of benzene rings is 1. The standard InChI is InChI=1S/C15H13Cl2N3O2/c16-11-4-3-9(12(17)7-11)6-13(14(18)21)20-15(22)10-2-1-5-19-8-10/h1-5,7-8,13H,6H2,(H2,18,21)(H,20,22)/t13-/m1/s1. The highest BCUT2D eigenvalue weighted by molar-refractivity contribution is 6.35. The third kappa shape index (κ3) is 4.19. The third-order valence-electron chi connectivity index (χ3n) is 3.01. The molecule has 0 saturated carbocycles. The highest BCUT2D eigenvalue weighted by Gasteiger charge is 2.20. The van der Waals surface area contributed by atoms with Crippen LogP contribution in [0.1, 0.15) is 15.9 Å². The van der Waals surface area contributed by atoms with E-state index >= 15 is 0 Å². The molecule has 0 aliphatic carbocycles. The van der Waals surface area contributed by atoms with Crippen LogP contribution < -0.4 is 11.1 Å². The number of rotatable bonds is 5. The Morgan fingerprint density at radius 1 is 1.27 bits per heavy atom. The smallest absolute Gasteiger partial charge is 0.253 e. The number of nitrogens with zero attached hydrogens (tertiary/aromatic N) is 1. The maximum atomic E-state index is 12.1.